The summed E-state index contributed by atoms with van der Waals surface area (Å²) in [5.41, 5.74) is -0.0709. The SMILES string of the molecule is Cc1cc(NC(=O)c2ccc(=O)n(CC(C)C)n2)no1. The minimum absolute atomic E-state index is 0.158. The summed E-state index contributed by atoms with van der Waals surface area (Å²) < 4.78 is 6.14. The topological polar surface area (TPSA) is 90.0 Å². The summed E-state index contributed by atoms with van der Waals surface area (Å²) >= 11 is 0. The van der Waals surface area contributed by atoms with E-state index in [4.69, 9.17) is 4.52 Å². The molecule has 1 N–H and O–H groups in total. The van der Waals surface area contributed by atoms with Crippen LogP contribution in [-0.2, 0) is 6.54 Å². The first-order valence-corrected chi connectivity index (χ1v) is 6.28. The number of aryl methyl sites for hydroxylation is 1. The largest absolute Gasteiger partial charge is 0.360 e. The van der Waals surface area contributed by atoms with Gasteiger partial charge in [-0.05, 0) is 18.9 Å². The first-order valence-electron chi connectivity index (χ1n) is 6.28. The number of amides is 1. The number of nitrogens with zero attached hydrogens (tertiary/aromatic N) is 3. The summed E-state index contributed by atoms with van der Waals surface area (Å²) in [5.74, 6) is 0.737. The van der Waals surface area contributed by atoms with Crippen molar-refractivity contribution in [2.75, 3.05) is 5.32 Å². The number of anilines is 1. The molecular weight excluding hydrogens is 260 g/mol. The molecule has 0 fully saturated rings. The average Bonchev–Trinajstić information content (AvgIpc) is 2.77. The van der Waals surface area contributed by atoms with E-state index in [1.165, 1.54) is 16.8 Å². The van der Waals surface area contributed by atoms with Crippen LogP contribution in [0.1, 0.15) is 30.1 Å². The lowest BCUT2D eigenvalue weighted by Crippen LogP contribution is -2.27. The van der Waals surface area contributed by atoms with Gasteiger partial charge in [-0.15, -0.1) is 0 Å². The standard InChI is InChI=1S/C13H16N4O3/c1-8(2)7-17-12(18)5-4-10(15-17)13(19)14-11-6-9(3)20-16-11/h4-6,8H,7H2,1-3H3,(H,14,16,19). The first-order chi connectivity index (χ1) is 9.45. The zero-order chi connectivity index (χ0) is 14.7. The molecule has 0 aliphatic rings. The van der Waals surface area contributed by atoms with Crippen LogP contribution >= 0.6 is 0 Å². The van der Waals surface area contributed by atoms with E-state index < -0.39 is 5.91 Å². The molecule has 0 saturated heterocycles. The highest BCUT2D eigenvalue weighted by atomic mass is 16.5. The van der Waals surface area contributed by atoms with Crippen LogP contribution in [0.5, 0.6) is 0 Å². The zero-order valence-electron chi connectivity index (χ0n) is 11.6. The number of carbonyl (C=O) groups excluding carboxylic acids is 1. The summed E-state index contributed by atoms with van der Waals surface area (Å²) in [6, 6.07) is 4.32. The van der Waals surface area contributed by atoms with Crippen LogP contribution < -0.4 is 10.9 Å². The van der Waals surface area contributed by atoms with Gasteiger partial charge in [-0.2, -0.15) is 5.10 Å². The number of hydrogen-bond donors (Lipinski definition) is 1. The number of aromatic nitrogens is 3. The molecule has 2 rings (SSSR count). The molecule has 0 atom stereocenters. The lowest BCUT2D eigenvalue weighted by molar-refractivity contribution is 0.101. The van der Waals surface area contributed by atoms with E-state index >= 15 is 0 Å². The van der Waals surface area contributed by atoms with Gasteiger partial charge in [-0.1, -0.05) is 19.0 Å². The second-order valence-electron chi connectivity index (χ2n) is 4.91. The van der Waals surface area contributed by atoms with Crippen molar-refractivity contribution in [2.45, 2.75) is 27.3 Å². The summed E-state index contributed by atoms with van der Waals surface area (Å²) in [4.78, 5) is 23.6. The van der Waals surface area contributed by atoms with E-state index in [1.54, 1.807) is 13.0 Å². The Kier molecular flexibility index (Phi) is 3.97. The van der Waals surface area contributed by atoms with Gasteiger partial charge in [0.05, 0.1) is 0 Å². The lowest BCUT2D eigenvalue weighted by Gasteiger charge is -2.08. The van der Waals surface area contributed by atoms with Crippen molar-refractivity contribution in [1.82, 2.24) is 14.9 Å². The van der Waals surface area contributed by atoms with Crippen LogP contribution in [0.4, 0.5) is 5.82 Å². The van der Waals surface area contributed by atoms with Gasteiger partial charge in [-0.25, -0.2) is 4.68 Å². The lowest BCUT2D eigenvalue weighted by atomic mass is 10.2. The Morgan fingerprint density at radius 3 is 2.80 bits per heavy atom. The third kappa shape index (κ3) is 3.31. The quantitative estimate of drug-likeness (QED) is 0.912. The van der Waals surface area contributed by atoms with E-state index in [0.29, 0.717) is 18.1 Å². The van der Waals surface area contributed by atoms with Crippen molar-refractivity contribution in [3.63, 3.8) is 0 Å². The molecule has 106 valence electrons. The number of hydrogen-bond acceptors (Lipinski definition) is 5. The van der Waals surface area contributed by atoms with E-state index in [2.05, 4.69) is 15.6 Å². The Labute approximate surface area is 115 Å². The van der Waals surface area contributed by atoms with E-state index in [-0.39, 0.29) is 17.2 Å². The van der Waals surface area contributed by atoms with Gasteiger partial charge in [0.1, 0.15) is 11.5 Å². The van der Waals surface area contributed by atoms with Crippen molar-refractivity contribution < 1.29 is 9.32 Å². The maximum absolute atomic E-state index is 12.0. The van der Waals surface area contributed by atoms with Crippen molar-refractivity contribution in [3.8, 4) is 0 Å². The second-order valence-corrected chi connectivity index (χ2v) is 4.91. The highest BCUT2D eigenvalue weighted by molar-refractivity contribution is 6.02. The summed E-state index contributed by atoms with van der Waals surface area (Å²) in [7, 11) is 0. The Balaban J connectivity index is 2.19. The molecule has 0 aliphatic heterocycles. The third-order valence-corrected chi connectivity index (χ3v) is 2.51. The smallest absolute Gasteiger partial charge is 0.277 e. The Bertz CT molecular complexity index is 672. The molecule has 0 aromatic carbocycles. The molecule has 0 spiro atoms. The van der Waals surface area contributed by atoms with Crippen LogP contribution in [-0.4, -0.2) is 20.8 Å². The van der Waals surface area contributed by atoms with E-state index in [9.17, 15) is 9.59 Å². The van der Waals surface area contributed by atoms with Crippen molar-refractivity contribution in [1.29, 1.82) is 0 Å². The first kappa shape index (κ1) is 14.0. The maximum Gasteiger partial charge on any atom is 0.277 e. The molecule has 20 heavy (non-hydrogen) atoms. The predicted octanol–water partition coefficient (Wildman–Crippen LogP) is 1.45. The maximum atomic E-state index is 12.0. The molecule has 7 heteroatoms. The number of nitrogens with one attached hydrogen (secondary N) is 1. The van der Waals surface area contributed by atoms with E-state index in [0.717, 1.165) is 0 Å². The minimum Gasteiger partial charge on any atom is -0.360 e. The van der Waals surface area contributed by atoms with Gasteiger partial charge < -0.3 is 9.84 Å². The van der Waals surface area contributed by atoms with Gasteiger partial charge in [0.2, 0.25) is 0 Å². The van der Waals surface area contributed by atoms with Gasteiger partial charge >= 0.3 is 0 Å². The molecule has 0 saturated carbocycles. The fourth-order valence-corrected chi connectivity index (χ4v) is 1.65. The molecule has 0 aliphatic carbocycles. The highest BCUT2D eigenvalue weighted by Crippen LogP contribution is 2.08. The molecule has 1 amide bonds. The second kappa shape index (κ2) is 5.68. The monoisotopic (exact) mass is 276 g/mol. The summed E-state index contributed by atoms with van der Waals surface area (Å²) in [5, 5.41) is 10.3. The molecule has 0 unspecified atom stereocenters. The van der Waals surface area contributed by atoms with Gasteiger partial charge in [0, 0.05) is 18.7 Å². The minimum atomic E-state index is -0.434. The third-order valence-electron chi connectivity index (χ3n) is 2.51. The molecule has 7 nitrogen and oxygen atoms in total. The molecule has 0 radical (unpaired) electrons. The average molecular weight is 276 g/mol. The van der Waals surface area contributed by atoms with Crippen LogP contribution in [0, 0.1) is 12.8 Å². The number of rotatable bonds is 4. The zero-order valence-corrected chi connectivity index (χ0v) is 11.6. The fraction of sp³-hybridized carbons (Fsp3) is 0.385. The Hall–Kier alpha value is -2.44. The normalized spacial score (nSPS) is 10.8. The van der Waals surface area contributed by atoms with Crippen LogP contribution in [0.3, 0.4) is 0 Å². The molecule has 2 heterocycles. The van der Waals surface area contributed by atoms with Crippen molar-refractivity contribution in [2.24, 2.45) is 5.92 Å². The van der Waals surface area contributed by atoms with Crippen LogP contribution in [0.25, 0.3) is 0 Å². The van der Waals surface area contributed by atoms with Crippen molar-refractivity contribution in [3.05, 3.63) is 40.0 Å². The molecule has 0 bridgehead atoms. The Morgan fingerprint density at radius 1 is 1.45 bits per heavy atom. The van der Waals surface area contributed by atoms with Gasteiger partial charge in [0.15, 0.2) is 5.82 Å². The molecular formula is C13H16N4O3. The van der Waals surface area contributed by atoms with Gasteiger partial charge in [-0.3, -0.25) is 9.59 Å². The molecule has 2 aromatic heterocycles. The Morgan fingerprint density at radius 2 is 2.20 bits per heavy atom. The summed E-state index contributed by atoms with van der Waals surface area (Å²) in [6.07, 6.45) is 0. The van der Waals surface area contributed by atoms with Gasteiger partial charge in [0.25, 0.3) is 11.5 Å². The van der Waals surface area contributed by atoms with Crippen LogP contribution in [0.2, 0.25) is 0 Å². The van der Waals surface area contributed by atoms with Crippen molar-refractivity contribution >= 4 is 11.7 Å². The van der Waals surface area contributed by atoms with Crippen LogP contribution in [0.15, 0.2) is 27.5 Å². The summed E-state index contributed by atoms with van der Waals surface area (Å²) in [6.45, 7) is 6.13. The number of carbonyl (C=O) groups is 1. The van der Waals surface area contributed by atoms with E-state index in [1.807, 2.05) is 13.8 Å². The fourth-order valence-electron chi connectivity index (χ4n) is 1.65. The predicted molar refractivity (Wildman–Crippen MR) is 72.5 cm³/mol. The highest BCUT2D eigenvalue weighted by Gasteiger charge is 2.12. The molecule has 2 aromatic rings.